The molecule has 2 aliphatic carbocycles. The van der Waals surface area contributed by atoms with Gasteiger partial charge in [0, 0.05) is 44.2 Å². The van der Waals surface area contributed by atoms with Crippen molar-refractivity contribution >= 4 is 11.8 Å². The van der Waals surface area contributed by atoms with E-state index in [2.05, 4.69) is 11.8 Å². The van der Waals surface area contributed by atoms with E-state index < -0.39 is 0 Å². The Balaban J connectivity index is 1.26. The second-order valence-electron chi connectivity index (χ2n) is 8.67. The Morgan fingerprint density at radius 1 is 0.920 bits per heavy atom. The first kappa shape index (κ1) is 17.3. The van der Waals surface area contributed by atoms with E-state index in [9.17, 15) is 9.59 Å². The quantitative estimate of drug-likeness (QED) is 0.739. The molecular weight excluding hydrogens is 314 g/mol. The Morgan fingerprint density at radius 3 is 2.12 bits per heavy atom. The molecule has 2 saturated carbocycles. The molecule has 0 radical (unpaired) electrons. The van der Waals surface area contributed by atoms with E-state index >= 15 is 0 Å². The van der Waals surface area contributed by atoms with Gasteiger partial charge >= 0.3 is 0 Å². The van der Waals surface area contributed by atoms with E-state index in [-0.39, 0.29) is 11.8 Å². The molecule has 2 aliphatic heterocycles. The summed E-state index contributed by atoms with van der Waals surface area (Å²) in [5.41, 5.74) is 0. The van der Waals surface area contributed by atoms with Crippen LogP contribution in [0.15, 0.2) is 0 Å². The largest absolute Gasteiger partial charge is 0.342 e. The summed E-state index contributed by atoms with van der Waals surface area (Å²) in [6.45, 7) is 6.30. The van der Waals surface area contributed by atoms with Crippen LogP contribution in [0.3, 0.4) is 0 Å². The van der Waals surface area contributed by atoms with Crippen molar-refractivity contribution in [3.05, 3.63) is 0 Å². The first-order valence-electron chi connectivity index (χ1n) is 10.5. The summed E-state index contributed by atoms with van der Waals surface area (Å²) < 4.78 is 0. The van der Waals surface area contributed by atoms with E-state index in [0.717, 1.165) is 57.8 Å². The molecule has 0 bridgehead atoms. The van der Waals surface area contributed by atoms with Gasteiger partial charge in [-0.15, -0.1) is 0 Å². The van der Waals surface area contributed by atoms with Gasteiger partial charge in [0.05, 0.1) is 6.54 Å². The maximum absolute atomic E-state index is 12.8. The minimum atomic E-state index is 0.145. The third-order valence-corrected chi connectivity index (χ3v) is 6.78. The number of nitrogens with zero attached hydrogens (tertiary/aromatic N) is 3. The van der Waals surface area contributed by atoms with Gasteiger partial charge in [-0.3, -0.25) is 14.5 Å². The first-order valence-corrected chi connectivity index (χ1v) is 10.5. The van der Waals surface area contributed by atoms with Gasteiger partial charge < -0.3 is 9.80 Å². The molecule has 0 spiro atoms. The van der Waals surface area contributed by atoms with Crippen molar-refractivity contribution in [3.8, 4) is 0 Å². The second kappa shape index (κ2) is 7.26. The SMILES string of the molecule is CC(C1CC1)N(CC(=O)N1CCC(C(=O)N2CCCC2)CC1)C1CC1. The predicted octanol–water partition coefficient (Wildman–Crippen LogP) is 2.11. The molecule has 1 unspecified atom stereocenters. The van der Waals surface area contributed by atoms with Gasteiger partial charge in [-0.25, -0.2) is 0 Å². The van der Waals surface area contributed by atoms with Gasteiger partial charge in [0.1, 0.15) is 0 Å². The fourth-order valence-corrected chi connectivity index (χ4v) is 4.69. The summed E-state index contributed by atoms with van der Waals surface area (Å²) >= 11 is 0. The minimum Gasteiger partial charge on any atom is -0.342 e. The van der Waals surface area contributed by atoms with Gasteiger partial charge in [-0.05, 0) is 64.2 Å². The van der Waals surface area contributed by atoms with Gasteiger partial charge in [0.15, 0.2) is 0 Å². The zero-order chi connectivity index (χ0) is 17.4. The Kier molecular flexibility index (Phi) is 5.03. The van der Waals surface area contributed by atoms with Crippen LogP contribution >= 0.6 is 0 Å². The van der Waals surface area contributed by atoms with Crippen LogP contribution in [0.25, 0.3) is 0 Å². The average molecular weight is 348 g/mol. The molecule has 5 nitrogen and oxygen atoms in total. The molecule has 2 heterocycles. The lowest BCUT2D eigenvalue weighted by Gasteiger charge is -2.36. The van der Waals surface area contributed by atoms with E-state index in [1.807, 2.05) is 9.80 Å². The zero-order valence-corrected chi connectivity index (χ0v) is 15.7. The number of likely N-dealkylation sites (tertiary alicyclic amines) is 2. The smallest absolute Gasteiger partial charge is 0.236 e. The number of hydrogen-bond donors (Lipinski definition) is 0. The van der Waals surface area contributed by atoms with Crippen LogP contribution in [0.2, 0.25) is 0 Å². The van der Waals surface area contributed by atoms with Crippen LogP contribution in [0.1, 0.15) is 58.3 Å². The lowest BCUT2D eigenvalue weighted by atomic mass is 9.95. The van der Waals surface area contributed by atoms with Gasteiger partial charge in [0.2, 0.25) is 11.8 Å². The molecule has 0 N–H and O–H groups in total. The van der Waals surface area contributed by atoms with Crippen LogP contribution in [0.4, 0.5) is 0 Å². The topological polar surface area (TPSA) is 43.9 Å². The van der Waals surface area contributed by atoms with Crippen molar-refractivity contribution in [3.63, 3.8) is 0 Å². The molecule has 25 heavy (non-hydrogen) atoms. The van der Waals surface area contributed by atoms with Crippen molar-refractivity contribution in [2.75, 3.05) is 32.7 Å². The number of hydrogen-bond acceptors (Lipinski definition) is 3. The summed E-state index contributed by atoms with van der Waals surface area (Å²) in [5.74, 6) is 1.59. The molecule has 0 aromatic heterocycles. The van der Waals surface area contributed by atoms with Crippen LogP contribution < -0.4 is 0 Å². The van der Waals surface area contributed by atoms with Crippen molar-refractivity contribution in [1.82, 2.24) is 14.7 Å². The first-order chi connectivity index (χ1) is 12.1. The third-order valence-electron chi connectivity index (χ3n) is 6.78. The van der Waals surface area contributed by atoms with E-state index in [0.29, 0.717) is 24.5 Å². The molecule has 2 saturated heterocycles. The predicted molar refractivity (Wildman–Crippen MR) is 97.0 cm³/mol. The molecule has 140 valence electrons. The summed E-state index contributed by atoms with van der Waals surface area (Å²) in [4.78, 5) is 31.9. The van der Waals surface area contributed by atoms with E-state index in [1.165, 1.54) is 25.7 Å². The number of rotatable bonds is 6. The molecular formula is C20H33N3O2. The molecule has 2 amide bonds. The zero-order valence-electron chi connectivity index (χ0n) is 15.7. The van der Waals surface area contributed by atoms with Gasteiger partial charge in [-0.1, -0.05) is 0 Å². The fraction of sp³-hybridized carbons (Fsp3) is 0.900. The lowest BCUT2D eigenvalue weighted by Crippen LogP contribution is -2.49. The number of amides is 2. The molecule has 4 aliphatic rings. The van der Waals surface area contributed by atoms with Gasteiger partial charge in [0.25, 0.3) is 0 Å². The highest BCUT2D eigenvalue weighted by Gasteiger charge is 2.40. The molecule has 0 aromatic rings. The number of carbonyl (C=O) groups excluding carboxylic acids is 2. The monoisotopic (exact) mass is 347 g/mol. The van der Waals surface area contributed by atoms with Crippen LogP contribution in [-0.4, -0.2) is 71.3 Å². The van der Waals surface area contributed by atoms with Crippen molar-refractivity contribution < 1.29 is 9.59 Å². The minimum absolute atomic E-state index is 0.145. The van der Waals surface area contributed by atoms with Crippen molar-refractivity contribution in [2.45, 2.75) is 70.4 Å². The molecule has 4 fully saturated rings. The highest BCUT2D eigenvalue weighted by atomic mass is 16.2. The summed E-state index contributed by atoms with van der Waals surface area (Å²) in [5, 5.41) is 0. The Hall–Kier alpha value is -1.10. The average Bonchev–Trinajstić information content (AvgIpc) is 3.57. The summed E-state index contributed by atoms with van der Waals surface area (Å²) in [6.07, 6.45) is 9.20. The normalized spacial score (nSPS) is 26.3. The maximum atomic E-state index is 12.8. The van der Waals surface area contributed by atoms with Crippen LogP contribution in [0.5, 0.6) is 0 Å². The van der Waals surface area contributed by atoms with Crippen molar-refractivity contribution in [1.29, 1.82) is 0 Å². The van der Waals surface area contributed by atoms with E-state index in [4.69, 9.17) is 0 Å². The fourth-order valence-electron chi connectivity index (χ4n) is 4.69. The number of carbonyl (C=O) groups is 2. The molecule has 1 atom stereocenters. The lowest BCUT2D eigenvalue weighted by molar-refractivity contribution is -0.140. The van der Waals surface area contributed by atoms with Crippen LogP contribution in [0, 0.1) is 11.8 Å². The third kappa shape index (κ3) is 4.02. The molecule has 4 rings (SSSR count). The molecule has 0 aromatic carbocycles. The summed E-state index contributed by atoms with van der Waals surface area (Å²) in [6, 6.07) is 1.21. The number of piperidine rings is 1. The maximum Gasteiger partial charge on any atom is 0.236 e. The van der Waals surface area contributed by atoms with Gasteiger partial charge in [-0.2, -0.15) is 0 Å². The highest BCUT2D eigenvalue weighted by molar-refractivity contribution is 5.81. The second-order valence-corrected chi connectivity index (χ2v) is 8.67. The molecule has 5 heteroatoms. The Morgan fingerprint density at radius 2 is 1.56 bits per heavy atom. The van der Waals surface area contributed by atoms with E-state index in [1.54, 1.807) is 0 Å². The van der Waals surface area contributed by atoms with Crippen molar-refractivity contribution in [2.24, 2.45) is 11.8 Å². The summed E-state index contributed by atoms with van der Waals surface area (Å²) in [7, 11) is 0. The van der Waals surface area contributed by atoms with Crippen LogP contribution in [-0.2, 0) is 9.59 Å². The standard InChI is InChI=1S/C20H33N3O2/c1-15(16-4-5-16)23(18-6-7-18)14-19(24)21-12-8-17(9-13-21)20(25)22-10-2-3-11-22/h15-18H,2-14H2,1H3. The Labute approximate surface area is 151 Å². The highest BCUT2D eigenvalue weighted by Crippen LogP contribution is 2.39. The Bertz CT molecular complexity index is 501.